The van der Waals surface area contributed by atoms with E-state index in [1.807, 2.05) is 17.5 Å². The van der Waals surface area contributed by atoms with Gasteiger partial charge >= 0.3 is 0 Å². The molecule has 5 nitrogen and oxygen atoms in total. The SMILES string of the molecule is Cc1ccc(C(CNC(=O)c2cc(-c3cccs3)on2)N2CCCCC2)cc1. The summed E-state index contributed by atoms with van der Waals surface area (Å²) in [6, 6.07) is 14.4. The van der Waals surface area contributed by atoms with Crippen LogP contribution in [0.25, 0.3) is 10.6 Å². The number of thiophene rings is 1. The Kier molecular flexibility index (Phi) is 5.88. The van der Waals surface area contributed by atoms with E-state index in [-0.39, 0.29) is 11.9 Å². The molecule has 146 valence electrons. The highest BCUT2D eigenvalue weighted by Gasteiger charge is 2.24. The van der Waals surface area contributed by atoms with Gasteiger partial charge in [-0.25, -0.2) is 0 Å². The van der Waals surface area contributed by atoms with Crippen LogP contribution in [0.4, 0.5) is 0 Å². The third kappa shape index (κ3) is 4.34. The zero-order chi connectivity index (χ0) is 19.3. The summed E-state index contributed by atoms with van der Waals surface area (Å²) in [6.07, 6.45) is 3.71. The number of amides is 1. The molecule has 1 atom stereocenters. The molecule has 1 N–H and O–H groups in total. The van der Waals surface area contributed by atoms with Crippen LogP contribution in [-0.4, -0.2) is 35.6 Å². The van der Waals surface area contributed by atoms with Crippen LogP contribution in [0.1, 0.15) is 46.9 Å². The van der Waals surface area contributed by atoms with Crippen molar-refractivity contribution in [1.29, 1.82) is 0 Å². The molecule has 1 unspecified atom stereocenters. The van der Waals surface area contributed by atoms with Crippen molar-refractivity contribution < 1.29 is 9.32 Å². The molecular formula is C22H25N3O2S. The summed E-state index contributed by atoms with van der Waals surface area (Å²) >= 11 is 1.56. The van der Waals surface area contributed by atoms with Crippen molar-refractivity contribution in [3.8, 4) is 10.6 Å². The fourth-order valence-electron chi connectivity index (χ4n) is 3.67. The van der Waals surface area contributed by atoms with Gasteiger partial charge in [-0.05, 0) is 49.9 Å². The van der Waals surface area contributed by atoms with Crippen LogP contribution < -0.4 is 5.32 Å². The van der Waals surface area contributed by atoms with Crippen molar-refractivity contribution in [3.63, 3.8) is 0 Å². The van der Waals surface area contributed by atoms with Crippen LogP contribution in [0.2, 0.25) is 0 Å². The van der Waals surface area contributed by atoms with Gasteiger partial charge in [-0.2, -0.15) is 0 Å². The average Bonchev–Trinajstić information content (AvgIpc) is 3.42. The number of aromatic nitrogens is 1. The topological polar surface area (TPSA) is 58.4 Å². The first-order chi connectivity index (χ1) is 13.7. The molecule has 1 amide bonds. The van der Waals surface area contributed by atoms with Gasteiger partial charge in [0.2, 0.25) is 0 Å². The third-order valence-electron chi connectivity index (χ3n) is 5.26. The van der Waals surface area contributed by atoms with E-state index in [0.29, 0.717) is 18.0 Å². The Morgan fingerprint density at radius 3 is 2.71 bits per heavy atom. The fraction of sp³-hybridized carbons (Fsp3) is 0.364. The molecule has 0 saturated carbocycles. The Bertz CT molecular complexity index is 896. The van der Waals surface area contributed by atoms with E-state index in [2.05, 4.69) is 46.6 Å². The molecule has 2 aromatic heterocycles. The molecule has 0 aliphatic carbocycles. The van der Waals surface area contributed by atoms with Crippen molar-refractivity contribution in [2.75, 3.05) is 19.6 Å². The molecule has 1 aromatic carbocycles. The van der Waals surface area contributed by atoms with Crippen molar-refractivity contribution in [2.45, 2.75) is 32.2 Å². The molecular weight excluding hydrogens is 370 g/mol. The van der Waals surface area contributed by atoms with Crippen LogP contribution in [0.3, 0.4) is 0 Å². The van der Waals surface area contributed by atoms with Crippen molar-refractivity contribution in [1.82, 2.24) is 15.4 Å². The molecule has 0 spiro atoms. The maximum atomic E-state index is 12.7. The molecule has 4 rings (SSSR count). The molecule has 28 heavy (non-hydrogen) atoms. The molecule has 1 aliphatic rings. The van der Waals surface area contributed by atoms with E-state index in [9.17, 15) is 4.79 Å². The first-order valence-corrected chi connectivity index (χ1v) is 10.7. The van der Waals surface area contributed by atoms with Crippen molar-refractivity contribution in [2.24, 2.45) is 0 Å². The van der Waals surface area contributed by atoms with Gasteiger partial charge in [0.05, 0.1) is 10.9 Å². The summed E-state index contributed by atoms with van der Waals surface area (Å²) in [5.74, 6) is 0.437. The van der Waals surface area contributed by atoms with E-state index in [1.54, 1.807) is 17.4 Å². The minimum atomic E-state index is -0.194. The second-order valence-electron chi connectivity index (χ2n) is 7.29. The highest BCUT2D eigenvalue weighted by atomic mass is 32.1. The fourth-order valence-corrected chi connectivity index (χ4v) is 4.35. The number of benzene rings is 1. The predicted molar refractivity (Wildman–Crippen MR) is 111 cm³/mol. The first-order valence-electron chi connectivity index (χ1n) is 9.80. The zero-order valence-electron chi connectivity index (χ0n) is 16.1. The largest absolute Gasteiger partial charge is 0.355 e. The van der Waals surface area contributed by atoms with Gasteiger partial charge in [0.1, 0.15) is 0 Å². The lowest BCUT2D eigenvalue weighted by atomic mass is 10.0. The highest BCUT2D eigenvalue weighted by Crippen LogP contribution is 2.26. The second-order valence-corrected chi connectivity index (χ2v) is 8.23. The van der Waals surface area contributed by atoms with Crippen LogP contribution >= 0.6 is 11.3 Å². The summed E-state index contributed by atoms with van der Waals surface area (Å²) in [7, 11) is 0. The number of piperidine rings is 1. The zero-order valence-corrected chi connectivity index (χ0v) is 16.9. The number of carbonyl (C=O) groups is 1. The minimum Gasteiger partial charge on any atom is -0.355 e. The number of rotatable bonds is 6. The lowest BCUT2D eigenvalue weighted by molar-refractivity contribution is 0.0915. The standard InChI is InChI=1S/C22H25N3O2S/c1-16-7-9-17(10-8-16)19(25-11-3-2-4-12-25)15-23-22(26)18-14-20(27-24-18)21-6-5-13-28-21/h5-10,13-14,19H,2-4,11-12,15H2,1H3,(H,23,26). The molecule has 0 radical (unpaired) electrons. The Labute approximate surface area is 169 Å². The number of likely N-dealkylation sites (tertiary alicyclic amines) is 1. The van der Waals surface area contributed by atoms with Gasteiger partial charge < -0.3 is 9.84 Å². The molecule has 1 aliphatic heterocycles. The molecule has 0 bridgehead atoms. The van der Waals surface area contributed by atoms with E-state index in [4.69, 9.17) is 4.52 Å². The highest BCUT2D eigenvalue weighted by molar-refractivity contribution is 7.13. The predicted octanol–water partition coefficient (Wildman–Crippen LogP) is 4.67. The van der Waals surface area contributed by atoms with E-state index >= 15 is 0 Å². The number of aryl methyl sites for hydroxylation is 1. The lowest BCUT2D eigenvalue weighted by Gasteiger charge is -2.35. The third-order valence-corrected chi connectivity index (χ3v) is 6.14. The lowest BCUT2D eigenvalue weighted by Crippen LogP contribution is -2.40. The first kappa shape index (κ1) is 18.9. The summed E-state index contributed by atoms with van der Waals surface area (Å²) in [4.78, 5) is 16.1. The minimum absolute atomic E-state index is 0.175. The maximum Gasteiger partial charge on any atom is 0.273 e. The smallest absolute Gasteiger partial charge is 0.273 e. The average molecular weight is 396 g/mol. The van der Waals surface area contributed by atoms with Gasteiger partial charge in [-0.15, -0.1) is 11.3 Å². The maximum absolute atomic E-state index is 12.7. The van der Waals surface area contributed by atoms with E-state index in [1.165, 1.54) is 30.4 Å². The van der Waals surface area contributed by atoms with Gasteiger partial charge in [-0.1, -0.05) is 47.5 Å². The van der Waals surface area contributed by atoms with Crippen LogP contribution in [-0.2, 0) is 0 Å². The van der Waals surface area contributed by atoms with Crippen LogP contribution in [0.15, 0.2) is 52.4 Å². The van der Waals surface area contributed by atoms with Crippen LogP contribution in [0, 0.1) is 6.92 Å². The normalized spacial score (nSPS) is 16.0. The van der Waals surface area contributed by atoms with E-state index in [0.717, 1.165) is 18.0 Å². The van der Waals surface area contributed by atoms with E-state index < -0.39 is 0 Å². The number of nitrogens with one attached hydrogen (secondary N) is 1. The molecule has 6 heteroatoms. The Morgan fingerprint density at radius 1 is 1.21 bits per heavy atom. The van der Waals surface area contributed by atoms with Gasteiger partial charge in [0.25, 0.3) is 5.91 Å². The number of carbonyl (C=O) groups excluding carboxylic acids is 1. The van der Waals surface area contributed by atoms with Crippen LogP contribution in [0.5, 0.6) is 0 Å². The Balaban J connectivity index is 1.46. The number of nitrogens with zero attached hydrogens (tertiary/aromatic N) is 2. The van der Waals surface area contributed by atoms with Crippen molar-refractivity contribution in [3.05, 3.63) is 64.7 Å². The summed E-state index contributed by atoms with van der Waals surface area (Å²) in [5.41, 5.74) is 2.81. The van der Waals surface area contributed by atoms with Gasteiger partial charge in [0, 0.05) is 12.6 Å². The summed E-state index contributed by atoms with van der Waals surface area (Å²) in [6.45, 7) is 4.79. The second kappa shape index (κ2) is 8.71. The molecule has 1 saturated heterocycles. The Hall–Kier alpha value is -2.44. The summed E-state index contributed by atoms with van der Waals surface area (Å²) in [5, 5.41) is 9.00. The molecule has 1 fully saturated rings. The summed E-state index contributed by atoms with van der Waals surface area (Å²) < 4.78 is 5.34. The van der Waals surface area contributed by atoms with Crippen molar-refractivity contribution >= 4 is 17.2 Å². The number of hydrogen-bond donors (Lipinski definition) is 1. The number of hydrogen-bond acceptors (Lipinski definition) is 5. The molecule has 3 heterocycles. The monoisotopic (exact) mass is 395 g/mol. The molecule has 3 aromatic rings. The Morgan fingerprint density at radius 2 is 2.00 bits per heavy atom. The van der Waals surface area contributed by atoms with Gasteiger partial charge in [0.15, 0.2) is 11.5 Å². The van der Waals surface area contributed by atoms with Gasteiger partial charge in [-0.3, -0.25) is 9.69 Å². The quantitative estimate of drug-likeness (QED) is 0.659.